The summed E-state index contributed by atoms with van der Waals surface area (Å²) in [6, 6.07) is 14.5. The summed E-state index contributed by atoms with van der Waals surface area (Å²) in [5.74, 6) is 1.51. The third-order valence-electron chi connectivity index (χ3n) is 4.20. The van der Waals surface area contributed by atoms with Crippen molar-refractivity contribution in [1.29, 1.82) is 0 Å². The first-order valence-electron chi connectivity index (χ1n) is 9.58. The highest BCUT2D eigenvalue weighted by Gasteiger charge is 2.14. The van der Waals surface area contributed by atoms with Crippen molar-refractivity contribution < 1.29 is 14.3 Å². The fourth-order valence-corrected chi connectivity index (χ4v) is 2.99. The lowest BCUT2D eigenvalue weighted by atomic mass is 10.2. The van der Waals surface area contributed by atoms with Crippen molar-refractivity contribution in [3.63, 3.8) is 0 Å². The first-order valence-corrected chi connectivity index (χ1v) is 9.96. The average Bonchev–Trinajstić information content (AvgIpc) is 3.15. The second-order valence-corrected chi connectivity index (χ2v) is 6.77. The minimum Gasteiger partial charge on any atom is -0.490 e. The zero-order chi connectivity index (χ0) is 20.6. The van der Waals surface area contributed by atoms with Crippen molar-refractivity contribution in [2.45, 2.75) is 26.8 Å². The fraction of sp³-hybridized carbons (Fsp3) is 0.273. The number of hydrogen-bond acceptors (Lipinski definition) is 4. The molecule has 29 heavy (non-hydrogen) atoms. The van der Waals surface area contributed by atoms with Gasteiger partial charge in [0, 0.05) is 16.7 Å². The lowest BCUT2D eigenvalue weighted by Crippen LogP contribution is -2.16. The molecular weight excluding hydrogens is 390 g/mol. The highest BCUT2D eigenvalue weighted by molar-refractivity contribution is 6.31. The van der Waals surface area contributed by atoms with Crippen LogP contribution in [0.2, 0.25) is 5.02 Å². The number of rotatable bonds is 9. The van der Waals surface area contributed by atoms with Crippen LogP contribution >= 0.6 is 11.6 Å². The molecule has 6 nitrogen and oxygen atoms in total. The van der Waals surface area contributed by atoms with Gasteiger partial charge in [-0.05, 0) is 43.2 Å². The summed E-state index contributed by atoms with van der Waals surface area (Å²) in [5, 5.41) is 7.85. The molecule has 3 rings (SSSR count). The van der Waals surface area contributed by atoms with Crippen LogP contribution in [0.3, 0.4) is 0 Å². The molecule has 0 fully saturated rings. The van der Waals surface area contributed by atoms with E-state index in [4.69, 9.17) is 21.1 Å². The van der Waals surface area contributed by atoms with E-state index in [9.17, 15) is 4.79 Å². The molecule has 0 radical (unpaired) electrons. The van der Waals surface area contributed by atoms with Gasteiger partial charge < -0.3 is 14.8 Å². The van der Waals surface area contributed by atoms with E-state index in [1.54, 1.807) is 35.1 Å². The molecule has 0 aliphatic heterocycles. The van der Waals surface area contributed by atoms with Crippen LogP contribution < -0.4 is 14.8 Å². The molecule has 7 heteroatoms. The molecule has 0 aliphatic rings. The topological polar surface area (TPSA) is 65.4 Å². The Morgan fingerprint density at radius 1 is 1.10 bits per heavy atom. The molecule has 2 aromatic carbocycles. The fourth-order valence-electron chi connectivity index (χ4n) is 2.79. The monoisotopic (exact) mass is 413 g/mol. The van der Waals surface area contributed by atoms with E-state index in [0.29, 0.717) is 47.7 Å². The number of carbonyl (C=O) groups excluding carboxylic acids is 1. The van der Waals surface area contributed by atoms with Gasteiger partial charge in [0.15, 0.2) is 11.5 Å². The number of hydrogen-bond donors (Lipinski definition) is 1. The average molecular weight is 414 g/mol. The van der Waals surface area contributed by atoms with Gasteiger partial charge in [0.1, 0.15) is 5.82 Å². The summed E-state index contributed by atoms with van der Waals surface area (Å²) in [6.07, 6.45) is 2.53. The molecule has 0 bridgehead atoms. The standard InChI is InChI=1S/C22H24ClN3O3/c1-3-13-29-19-10-9-16(14-20(19)28-4-2)22(27)25-21-11-12-24-26(21)15-17-7-5-6-8-18(17)23/h5-12,14H,3-4,13,15H2,1-2H3,(H,25,27). The van der Waals surface area contributed by atoms with Crippen LogP contribution in [0.25, 0.3) is 0 Å². The number of aromatic nitrogens is 2. The van der Waals surface area contributed by atoms with Gasteiger partial charge in [-0.15, -0.1) is 0 Å². The highest BCUT2D eigenvalue weighted by Crippen LogP contribution is 2.29. The number of nitrogens with one attached hydrogen (secondary N) is 1. The van der Waals surface area contributed by atoms with Crippen molar-refractivity contribution in [3.8, 4) is 11.5 Å². The van der Waals surface area contributed by atoms with Crippen LogP contribution in [-0.2, 0) is 6.54 Å². The van der Waals surface area contributed by atoms with Gasteiger partial charge in [0.2, 0.25) is 0 Å². The Morgan fingerprint density at radius 2 is 1.93 bits per heavy atom. The normalized spacial score (nSPS) is 10.6. The van der Waals surface area contributed by atoms with Gasteiger partial charge in [0.05, 0.1) is 26.0 Å². The van der Waals surface area contributed by atoms with Crippen molar-refractivity contribution in [2.75, 3.05) is 18.5 Å². The Morgan fingerprint density at radius 3 is 2.69 bits per heavy atom. The van der Waals surface area contributed by atoms with E-state index in [0.717, 1.165) is 12.0 Å². The maximum atomic E-state index is 12.8. The van der Waals surface area contributed by atoms with Gasteiger partial charge in [-0.2, -0.15) is 5.10 Å². The number of anilines is 1. The highest BCUT2D eigenvalue weighted by atomic mass is 35.5. The summed E-state index contributed by atoms with van der Waals surface area (Å²) in [5.41, 5.74) is 1.40. The van der Waals surface area contributed by atoms with Gasteiger partial charge in [-0.3, -0.25) is 4.79 Å². The second kappa shape index (κ2) is 9.98. The van der Waals surface area contributed by atoms with Crippen LogP contribution in [0.1, 0.15) is 36.2 Å². The van der Waals surface area contributed by atoms with Gasteiger partial charge in [-0.25, -0.2) is 4.68 Å². The molecule has 1 amide bonds. The first-order chi connectivity index (χ1) is 14.1. The number of halogens is 1. The molecule has 0 saturated carbocycles. The van der Waals surface area contributed by atoms with Gasteiger partial charge >= 0.3 is 0 Å². The minimum atomic E-state index is -0.256. The minimum absolute atomic E-state index is 0.256. The molecule has 0 saturated heterocycles. The molecule has 3 aromatic rings. The Bertz CT molecular complexity index is 971. The first kappa shape index (κ1) is 20.7. The lowest BCUT2D eigenvalue weighted by Gasteiger charge is -2.14. The maximum absolute atomic E-state index is 12.8. The van der Waals surface area contributed by atoms with E-state index in [-0.39, 0.29) is 5.91 Å². The second-order valence-electron chi connectivity index (χ2n) is 6.36. The van der Waals surface area contributed by atoms with E-state index in [1.165, 1.54) is 0 Å². The van der Waals surface area contributed by atoms with E-state index in [1.807, 2.05) is 38.1 Å². The van der Waals surface area contributed by atoms with Gasteiger partial charge in [0.25, 0.3) is 5.91 Å². The summed E-state index contributed by atoms with van der Waals surface area (Å²) >= 11 is 6.24. The summed E-state index contributed by atoms with van der Waals surface area (Å²) in [7, 11) is 0. The van der Waals surface area contributed by atoms with E-state index in [2.05, 4.69) is 10.4 Å². The van der Waals surface area contributed by atoms with Crippen molar-refractivity contribution in [3.05, 3.63) is 70.9 Å². The Balaban J connectivity index is 1.76. The number of nitrogens with zero attached hydrogens (tertiary/aromatic N) is 2. The molecule has 1 heterocycles. The quantitative estimate of drug-likeness (QED) is 0.534. The molecule has 0 aliphatic carbocycles. The number of ether oxygens (including phenoxy) is 2. The molecule has 0 unspecified atom stereocenters. The summed E-state index contributed by atoms with van der Waals surface area (Å²) < 4.78 is 13.0. The molecule has 1 aromatic heterocycles. The smallest absolute Gasteiger partial charge is 0.256 e. The van der Waals surface area contributed by atoms with Crippen molar-refractivity contribution >= 4 is 23.3 Å². The van der Waals surface area contributed by atoms with Crippen LogP contribution in [0.4, 0.5) is 5.82 Å². The number of amides is 1. The van der Waals surface area contributed by atoms with Crippen molar-refractivity contribution in [1.82, 2.24) is 9.78 Å². The molecule has 0 atom stereocenters. The van der Waals surface area contributed by atoms with Crippen molar-refractivity contribution in [2.24, 2.45) is 0 Å². The largest absolute Gasteiger partial charge is 0.490 e. The Hall–Kier alpha value is -2.99. The van der Waals surface area contributed by atoms with Crippen LogP contribution in [0.15, 0.2) is 54.7 Å². The Kier molecular flexibility index (Phi) is 7.14. The lowest BCUT2D eigenvalue weighted by molar-refractivity contribution is 0.102. The predicted molar refractivity (Wildman–Crippen MR) is 114 cm³/mol. The number of carbonyl (C=O) groups is 1. The SMILES string of the molecule is CCCOc1ccc(C(=O)Nc2ccnn2Cc2ccccc2Cl)cc1OCC. The summed E-state index contributed by atoms with van der Waals surface area (Å²) in [4.78, 5) is 12.8. The third-order valence-corrected chi connectivity index (χ3v) is 4.57. The van der Waals surface area contributed by atoms with Crippen LogP contribution in [0.5, 0.6) is 11.5 Å². The number of benzene rings is 2. The van der Waals surface area contributed by atoms with E-state index >= 15 is 0 Å². The molecule has 152 valence electrons. The third kappa shape index (κ3) is 5.29. The maximum Gasteiger partial charge on any atom is 0.256 e. The van der Waals surface area contributed by atoms with Gasteiger partial charge in [-0.1, -0.05) is 36.7 Å². The zero-order valence-electron chi connectivity index (χ0n) is 16.5. The molecule has 1 N–H and O–H groups in total. The summed E-state index contributed by atoms with van der Waals surface area (Å²) in [6.45, 7) is 5.46. The predicted octanol–water partition coefficient (Wildman–Crippen LogP) is 5.02. The molecular formula is C22H24ClN3O3. The Labute approximate surface area is 175 Å². The van der Waals surface area contributed by atoms with E-state index < -0.39 is 0 Å². The van der Waals surface area contributed by atoms with Crippen LogP contribution in [0, 0.1) is 0 Å². The van der Waals surface area contributed by atoms with Crippen LogP contribution in [-0.4, -0.2) is 28.9 Å². The molecule has 0 spiro atoms. The zero-order valence-corrected chi connectivity index (χ0v) is 17.3.